The van der Waals surface area contributed by atoms with Crippen molar-refractivity contribution >= 4 is 40.9 Å². The van der Waals surface area contributed by atoms with Gasteiger partial charge in [-0.15, -0.1) is 0 Å². The number of hydrogen-bond acceptors (Lipinski definition) is 6. The molecule has 1 N–H and O–H groups in total. The predicted molar refractivity (Wildman–Crippen MR) is 100.0 cm³/mol. The van der Waals surface area contributed by atoms with Crippen LogP contribution in [0.5, 0.6) is 0 Å². The first kappa shape index (κ1) is 21.1. The molecule has 0 radical (unpaired) electrons. The monoisotopic (exact) mass is 402 g/mol. The van der Waals surface area contributed by atoms with E-state index < -0.39 is 18.5 Å². The lowest BCUT2D eigenvalue weighted by atomic mass is 10.1. The average molecular weight is 403 g/mol. The van der Waals surface area contributed by atoms with Crippen molar-refractivity contribution in [1.82, 2.24) is 0 Å². The minimum atomic E-state index is -1.20. The van der Waals surface area contributed by atoms with Gasteiger partial charge < -0.3 is 20.0 Å². The zero-order valence-corrected chi connectivity index (χ0v) is 15.5. The minimum Gasteiger partial charge on any atom is -0.550 e. The highest BCUT2D eigenvalue weighted by atomic mass is 35.5. The van der Waals surface area contributed by atoms with Crippen molar-refractivity contribution < 1.29 is 29.0 Å². The summed E-state index contributed by atoms with van der Waals surface area (Å²) in [6.45, 7) is -0.405. The first-order chi connectivity index (χ1) is 13.3. The third-order valence-corrected chi connectivity index (χ3v) is 3.94. The molecule has 0 heterocycles. The molecule has 0 fully saturated rings. The van der Waals surface area contributed by atoms with Gasteiger partial charge >= 0.3 is 5.97 Å². The molecule has 0 saturated carbocycles. The number of carbonyl (C=O) groups excluding carboxylic acids is 4. The van der Waals surface area contributed by atoms with Gasteiger partial charge in [-0.1, -0.05) is 11.6 Å². The fourth-order valence-corrected chi connectivity index (χ4v) is 2.37. The summed E-state index contributed by atoms with van der Waals surface area (Å²) in [5.74, 6) is -2.57. The highest BCUT2D eigenvalue weighted by Gasteiger charge is 2.12. The molecule has 2 aromatic rings. The highest BCUT2D eigenvalue weighted by molar-refractivity contribution is 6.30. The van der Waals surface area contributed by atoms with Crippen molar-refractivity contribution in [2.24, 2.45) is 0 Å². The first-order valence-electron chi connectivity index (χ1n) is 8.41. The number of aliphatic carboxylic acids is 1. The van der Waals surface area contributed by atoms with E-state index in [1.54, 1.807) is 24.3 Å². The molecule has 0 bridgehead atoms. The van der Waals surface area contributed by atoms with Crippen molar-refractivity contribution in [1.29, 1.82) is 0 Å². The van der Waals surface area contributed by atoms with Crippen LogP contribution in [0.25, 0.3) is 0 Å². The van der Waals surface area contributed by atoms with Crippen LogP contribution in [0, 0.1) is 0 Å². The zero-order valence-electron chi connectivity index (χ0n) is 14.8. The molecule has 7 nitrogen and oxygen atoms in total. The number of amides is 1. The summed E-state index contributed by atoms with van der Waals surface area (Å²) < 4.78 is 5.00. The van der Waals surface area contributed by atoms with Crippen molar-refractivity contribution in [3.63, 3.8) is 0 Å². The summed E-state index contributed by atoms with van der Waals surface area (Å²) >= 11 is 5.76. The van der Waals surface area contributed by atoms with Crippen LogP contribution in [0.4, 0.5) is 5.69 Å². The second kappa shape index (κ2) is 10.2. The van der Waals surface area contributed by atoms with Gasteiger partial charge in [0, 0.05) is 28.7 Å². The molecule has 0 aliphatic heterocycles. The molecule has 0 aromatic heterocycles. The Morgan fingerprint density at radius 1 is 0.893 bits per heavy atom. The number of carboxylic acid groups (broad SMARTS) is 1. The topological polar surface area (TPSA) is 113 Å². The van der Waals surface area contributed by atoms with Gasteiger partial charge in [-0.05, 0) is 61.4 Å². The number of hydrogen-bond donors (Lipinski definition) is 1. The van der Waals surface area contributed by atoms with Crippen LogP contribution in [0.3, 0.4) is 0 Å². The molecule has 2 rings (SSSR count). The van der Waals surface area contributed by atoms with Crippen LogP contribution >= 0.6 is 11.6 Å². The Labute approximate surface area is 166 Å². The van der Waals surface area contributed by atoms with Crippen molar-refractivity contribution in [2.75, 3.05) is 11.9 Å². The van der Waals surface area contributed by atoms with Gasteiger partial charge in [-0.3, -0.25) is 9.59 Å². The smallest absolute Gasteiger partial charge is 0.338 e. The average Bonchev–Trinajstić information content (AvgIpc) is 2.66. The molecule has 0 saturated heterocycles. The van der Waals surface area contributed by atoms with Gasteiger partial charge in [0.1, 0.15) is 0 Å². The number of Topliss-reactive ketones (excluding diaryl/α,β-unsaturated/α-hetero) is 1. The Morgan fingerprint density at radius 3 is 2.11 bits per heavy atom. The van der Waals surface area contributed by atoms with E-state index in [9.17, 15) is 24.3 Å². The maximum atomic E-state index is 12.0. The summed E-state index contributed by atoms with van der Waals surface area (Å²) in [5.41, 5.74) is 1.06. The third kappa shape index (κ3) is 6.85. The van der Waals surface area contributed by atoms with Gasteiger partial charge in [-0.2, -0.15) is 0 Å². The maximum absolute atomic E-state index is 12.0. The van der Waals surface area contributed by atoms with Crippen LogP contribution in [0.2, 0.25) is 5.02 Å². The molecule has 0 atom stereocenters. The van der Waals surface area contributed by atoms with Gasteiger partial charge in [0.2, 0.25) is 5.91 Å². The summed E-state index contributed by atoms with van der Waals surface area (Å²) in [5, 5.41) is 13.4. The molecule has 0 unspecified atom stereocenters. The predicted octanol–water partition coefficient (Wildman–Crippen LogP) is 2.24. The van der Waals surface area contributed by atoms with Crippen molar-refractivity contribution in [3.05, 3.63) is 64.7 Å². The Morgan fingerprint density at radius 2 is 1.50 bits per heavy atom. The van der Waals surface area contributed by atoms with Crippen molar-refractivity contribution in [2.45, 2.75) is 19.3 Å². The fourth-order valence-electron chi connectivity index (χ4n) is 2.24. The Hall–Kier alpha value is -3.19. The molecule has 0 spiro atoms. The lowest BCUT2D eigenvalue weighted by Gasteiger charge is -2.07. The van der Waals surface area contributed by atoms with E-state index in [4.69, 9.17) is 16.3 Å². The molecule has 28 heavy (non-hydrogen) atoms. The molecule has 2 aromatic carbocycles. The van der Waals surface area contributed by atoms with Crippen LogP contribution < -0.4 is 10.4 Å². The highest BCUT2D eigenvalue weighted by Crippen LogP contribution is 2.13. The van der Waals surface area contributed by atoms with Crippen molar-refractivity contribution in [3.8, 4) is 0 Å². The zero-order chi connectivity index (χ0) is 20.5. The number of nitrogens with one attached hydrogen (secondary N) is 1. The van der Waals surface area contributed by atoms with E-state index in [2.05, 4.69) is 5.32 Å². The second-order valence-corrected chi connectivity index (χ2v) is 6.29. The maximum Gasteiger partial charge on any atom is 0.338 e. The van der Waals surface area contributed by atoms with E-state index in [0.29, 0.717) is 16.3 Å². The van der Waals surface area contributed by atoms with E-state index in [-0.39, 0.29) is 36.5 Å². The molecule has 146 valence electrons. The number of halogens is 1. The number of carboxylic acids is 1. The number of rotatable bonds is 9. The number of carbonyl (C=O) groups is 4. The van der Waals surface area contributed by atoms with Crippen LogP contribution in [0.15, 0.2) is 48.5 Å². The van der Waals surface area contributed by atoms with Gasteiger partial charge in [0.05, 0.1) is 5.56 Å². The number of anilines is 1. The number of esters is 1. The molecule has 8 heteroatoms. The molecule has 0 aliphatic carbocycles. The lowest BCUT2D eigenvalue weighted by molar-refractivity contribution is -0.305. The van der Waals surface area contributed by atoms with Crippen LogP contribution in [0.1, 0.15) is 40.0 Å². The lowest BCUT2D eigenvalue weighted by Crippen LogP contribution is -2.22. The van der Waals surface area contributed by atoms with Gasteiger partial charge in [0.15, 0.2) is 12.4 Å². The van der Waals surface area contributed by atoms with E-state index >= 15 is 0 Å². The number of benzene rings is 2. The minimum absolute atomic E-state index is 0.0462. The van der Waals surface area contributed by atoms with Gasteiger partial charge in [0.25, 0.3) is 0 Å². The second-order valence-electron chi connectivity index (χ2n) is 5.86. The molecule has 1 amide bonds. The Bertz CT molecular complexity index is 861. The first-order valence-corrected chi connectivity index (χ1v) is 8.78. The van der Waals surface area contributed by atoms with E-state index in [1.165, 1.54) is 24.3 Å². The Balaban J connectivity index is 1.82. The summed E-state index contributed by atoms with van der Waals surface area (Å²) in [6.07, 6.45) is 0.0394. The number of ether oxygens (including phenoxy) is 1. The standard InChI is InChI=1S/C20H18ClNO6/c21-15-8-4-13(5-9-15)17(23)12-28-20(27)14-6-10-16(11-7-14)22-18(24)2-1-3-19(25)26/h4-11H,1-3,12H2,(H,22,24)(H,25,26)/p-1. The van der Waals surface area contributed by atoms with E-state index in [0.717, 1.165) is 0 Å². The third-order valence-electron chi connectivity index (χ3n) is 3.69. The summed E-state index contributed by atoms with van der Waals surface area (Å²) in [6, 6.07) is 12.1. The quantitative estimate of drug-likeness (QED) is 0.508. The number of ketones is 1. The van der Waals surface area contributed by atoms with E-state index in [1.807, 2.05) is 0 Å². The summed E-state index contributed by atoms with van der Waals surface area (Å²) in [4.78, 5) is 46.0. The van der Waals surface area contributed by atoms with Crippen LogP contribution in [-0.4, -0.2) is 30.2 Å². The largest absolute Gasteiger partial charge is 0.550 e. The van der Waals surface area contributed by atoms with Crippen LogP contribution in [-0.2, 0) is 14.3 Å². The fraction of sp³-hybridized carbons (Fsp3) is 0.200. The molecule has 0 aliphatic rings. The SMILES string of the molecule is O=C([O-])CCCC(=O)Nc1ccc(C(=O)OCC(=O)c2ccc(Cl)cc2)cc1. The molecular weight excluding hydrogens is 386 g/mol. The summed E-state index contributed by atoms with van der Waals surface area (Å²) in [7, 11) is 0. The van der Waals surface area contributed by atoms with Gasteiger partial charge in [-0.25, -0.2) is 4.79 Å². The normalized spacial score (nSPS) is 10.2. The molecular formula is C20H17ClNO6-. The Kier molecular flexibility index (Phi) is 7.71.